The Bertz CT molecular complexity index is 730. The maximum absolute atomic E-state index is 10.4. The molecule has 2 rings (SSSR count). The van der Waals surface area contributed by atoms with Gasteiger partial charge in [0.05, 0.1) is 0 Å². The Morgan fingerprint density at radius 2 is 1.04 bits per heavy atom. The van der Waals surface area contributed by atoms with Gasteiger partial charge in [0.15, 0.2) is 0 Å². The summed E-state index contributed by atoms with van der Waals surface area (Å²) < 4.78 is 0. The number of phenols is 1. The zero-order valence-corrected chi connectivity index (χ0v) is 17.4. The van der Waals surface area contributed by atoms with Gasteiger partial charge in [0.2, 0.25) is 0 Å². The van der Waals surface area contributed by atoms with Crippen molar-refractivity contribution in [2.24, 2.45) is 0 Å². The van der Waals surface area contributed by atoms with Crippen LogP contribution >= 0.6 is 0 Å². The van der Waals surface area contributed by atoms with E-state index in [0.717, 1.165) is 5.56 Å². The molecule has 0 spiro atoms. The smallest absolute Gasteiger partial charge is 0.119 e. The van der Waals surface area contributed by atoms with E-state index >= 15 is 0 Å². The minimum Gasteiger partial charge on any atom is -0.508 e. The van der Waals surface area contributed by atoms with Crippen molar-refractivity contribution >= 4 is 0 Å². The van der Waals surface area contributed by atoms with E-state index in [0.29, 0.717) is 5.75 Å². The van der Waals surface area contributed by atoms with E-state index in [9.17, 15) is 5.11 Å². The van der Waals surface area contributed by atoms with E-state index < -0.39 is 0 Å². The first-order valence-corrected chi connectivity index (χ1v) is 9.21. The standard InChI is InChI=1S/C24H34O/c1-22(2,3)17-11-10-12-18(23(4,5)6)21(17)16-13-14-20(25)19(15-16)24(7,8)9/h10-15,25H,1-9H3. The van der Waals surface area contributed by atoms with Crippen LogP contribution in [0.25, 0.3) is 11.1 Å². The quantitative estimate of drug-likeness (QED) is 0.596. The lowest BCUT2D eigenvalue weighted by Gasteiger charge is -2.31. The highest BCUT2D eigenvalue weighted by Gasteiger charge is 2.27. The first kappa shape index (κ1) is 19.6. The van der Waals surface area contributed by atoms with Crippen molar-refractivity contribution < 1.29 is 5.11 Å². The second kappa shape index (κ2) is 6.20. The molecule has 0 saturated carbocycles. The predicted octanol–water partition coefficient (Wildman–Crippen LogP) is 6.95. The lowest BCUT2D eigenvalue weighted by Crippen LogP contribution is -2.19. The second-order valence-corrected chi connectivity index (χ2v) is 10.2. The molecule has 1 nitrogen and oxygen atoms in total. The van der Waals surface area contributed by atoms with E-state index in [2.05, 4.69) is 92.6 Å². The molecule has 0 unspecified atom stereocenters. The largest absolute Gasteiger partial charge is 0.508 e. The zero-order valence-electron chi connectivity index (χ0n) is 17.4. The molecule has 0 fully saturated rings. The predicted molar refractivity (Wildman–Crippen MR) is 110 cm³/mol. The molecule has 0 heterocycles. The fraction of sp³-hybridized carbons (Fsp3) is 0.500. The lowest BCUT2D eigenvalue weighted by molar-refractivity contribution is 0.447. The van der Waals surface area contributed by atoms with E-state index in [1.54, 1.807) is 0 Å². The van der Waals surface area contributed by atoms with Crippen LogP contribution in [0.3, 0.4) is 0 Å². The van der Waals surface area contributed by atoms with Crippen LogP contribution in [-0.2, 0) is 16.2 Å². The summed E-state index contributed by atoms with van der Waals surface area (Å²) in [6.45, 7) is 20.0. The van der Waals surface area contributed by atoms with E-state index in [-0.39, 0.29) is 16.2 Å². The fourth-order valence-electron chi connectivity index (χ4n) is 3.41. The third-order valence-electron chi connectivity index (χ3n) is 4.77. The molecule has 0 aliphatic heterocycles. The Morgan fingerprint density at radius 3 is 1.44 bits per heavy atom. The topological polar surface area (TPSA) is 20.2 Å². The summed E-state index contributed by atoms with van der Waals surface area (Å²) in [5.74, 6) is 0.377. The van der Waals surface area contributed by atoms with Crippen molar-refractivity contribution in [2.45, 2.75) is 78.6 Å². The minimum absolute atomic E-state index is 0.0520. The summed E-state index contributed by atoms with van der Waals surface area (Å²) in [5.41, 5.74) is 6.21. The summed E-state index contributed by atoms with van der Waals surface area (Å²) in [6, 6.07) is 12.7. The van der Waals surface area contributed by atoms with Gasteiger partial charge in [-0.1, -0.05) is 86.6 Å². The molecule has 1 heteroatoms. The molecule has 25 heavy (non-hydrogen) atoms. The SMILES string of the molecule is CC(C)(C)c1cc(-c2c(C(C)(C)C)cccc2C(C)(C)C)ccc1O. The Morgan fingerprint density at radius 1 is 0.600 bits per heavy atom. The summed E-state index contributed by atoms with van der Waals surface area (Å²) in [5, 5.41) is 10.4. The van der Waals surface area contributed by atoms with Gasteiger partial charge in [0, 0.05) is 0 Å². The maximum atomic E-state index is 10.4. The van der Waals surface area contributed by atoms with Gasteiger partial charge in [0.1, 0.15) is 5.75 Å². The molecule has 2 aromatic carbocycles. The highest BCUT2D eigenvalue weighted by Crippen LogP contribution is 2.42. The summed E-state index contributed by atoms with van der Waals surface area (Å²) >= 11 is 0. The molecule has 0 aromatic heterocycles. The molecule has 0 atom stereocenters. The van der Waals surface area contributed by atoms with Crippen molar-refractivity contribution in [3.05, 3.63) is 53.1 Å². The minimum atomic E-state index is -0.0985. The van der Waals surface area contributed by atoms with Crippen molar-refractivity contribution in [1.82, 2.24) is 0 Å². The van der Waals surface area contributed by atoms with Crippen LogP contribution in [0, 0.1) is 0 Å². The molecule has 136 valence electrons. The maximum Gasteiger partial charge on any atom is 0.119 e. The van der Waals surface area contributed by atoms with Gasteiger partial charge in [-0.25, -0.2) is 0 Å². The van der Waals surface area contributed by atoms with Gasteiger partial charge in [0.25, 0.3) is 0 Å². The number of phenolic OH excluding ortho intramolecular Hbond substituents is 1. The van der Waals surface area contributed by atoms with E-state index in [1.165, 1.54) is 22.3 Å². The summed E-state index contributed by atoms with van der Waals surface area (Å²) in [6.07, 6.45) is 0. The number of hydrogen-bond donors (Lipinski definition) is 1. The van der Waals surface area contributed by atoms with Crippen LogP contribution in [0.4, 0.5) is 0 Å². The third-order valence-corrected chi connectivity index (χ3v) is 4.77. The molecular weight excluding hydrogens is 304 g/mol. The summed E-state index contributed by atoms with van der Waals surface area (Å²) in [7, 11) is 0. The highest BCUT2D eigenvalue weighted by molar-refractivity contribution is 5.75. The third kappa shape index (κ3) is 4.08. The molecule has 0 aliphatic rings. The molecule has 0 bridgehead atoms. The van der Waals surface area contributed by atoms with Gasteiger partial charge in [-0.05, 0) is 56.2 Å². The average molecular weight is 339 g/mol. The van der Waals surface area contributed by atoms with Crippen molar-refractivity contribution in [3.8, 4) is 16.9 Å². The fourth-order valence-corrected chi connectivity index (χ4v) is 3.41. The Hall–Kier alpha value is -1.76. The van der Waals surface area contributed by atoms with Gasteiger partial charge >= 0.3 is 0 Å². The lowest BCUT2D eigenvalue weighted by atomic mass is 9.73. The van der Waals surface area contributed by atoms with Crippen LogP contribution in [-0.4, -0.2) is 5.11 Å². The van der Waals surface area contributed by atoms with Crippen LogP contribution in [0.5, 0.6) is 5.75 Å². The first-order valence-electron chi connectivity index (χ1n) is 9.21. The molecule has 0 radical (unpaired) electrons. The molecule has 2 aromatic rings. The van der Waals surface area contributed by atoms with Crippen LogP contribution in [0.15, 0.2) is 36.4 Å². The summed E-state index contributed by atoms with van der Waals surface area (Å²) in [4.78, 5) is 0. The molecule has 0 saturated heterocycles. The van der Waals surface area contributed by atoms with Gasteiger partial charge < -0.3 is 5.11 Å². The molecule has 1 N–H and O–H groups in total. The van der Waals surface area contributed by atoms with Gasteiger partial charge in [-0.3, -0.25) is 0 Å². The van der Waals surface area contributed by atoms with E-state index in [4.69, 9.17) is 0 Å². The monoisotopic (exact) mass is 338 g/mol. The van der Waals surface area contributed by atoms with Crippen LogP contribution in [0.1, 0.15) is 79.0 Å². The molecule has 0 amide bonds. The molecular formula is C24H34O. The van der Waals surface area contributed by atoms with Gasteiger partial charge in [-0.2, -0.15) is 0 Å². The van der Waals surface area contributed by atoms with E-state index in [1.807, 2.05) is 6.07 Å². The average Bonchev–Trinajstić information content (AvgIpc) is 2.44. The normalized spacial score (nSPS) is 13.2. The van der Waals surface area contributed by atoms with Crippen molar-refractivity contribution in [2.75, 3.05) is 0 Å². The Balaban J connectivity index is 2.87. The number of benzene rings is 2. The van der Waals surface area contributed by atoms with Crippen molar-refractivity contribution in [3.63, 3.8) is 0 Å². The number of rotatable bonds is 1. The van der Waals surface area contributed by atoms with Gasteiger partial charge in [-0.15, -0.1) is 0 Å². The zero-order chi connectivity index (χ0) is 19.2. The number of aromatic hydroxyl groups is 1. The Kier molecular flexibility index (Phi) is 4.85. The number of hydrogen-bond acceptors (Lipinski definition) is 1. The molecule has 0 aliphatic carbocycles. The highest BCUT2D eigenvalue weighted by atomic mass is 16.3. The first-order chi connectivity index (χ1) is 11.2. The second-order valence-electron chi connectivity index (χ2n) is 10.2. The van der Waals surface area contributed by atoms with Crippen LogP contribution in [0.2, 0.25) is 0 Å². The van der Waals surface area contributed by atoms with Crippen LogP contribution < -0.4 is 0 Å². The Labute approximate surface area is 154 Å². The van der Waals surface area contributed by atoms with Crippen molar-refractivity contribution in [1.29, 1.82) is 0 Å².